The molecule has 0 saturated heterocycles. The van der Waals surface area contributed by atoms with Gasteiger partial charge in [0.1, 0.15) is 17.5 Å². The van der Waals surface area contributed by atoms with Gasteiger partial charge in [0, 0.05) is 18.2 Å². The molecule has 2 rings (SSSR count). The number of hydrogen-bond donors (Lipinski definition) is 3. The van der Waals surface area contributed by atoms with E-state index in [1.165, 1.54) is 14.0 Å². The number of anilines is 2. The van der Waals surface area contributed by atoms with E-state index >= 15 is 0 Å². The van der Waals surface area contributed by atoms with Crippen LogP contribution in [-0.4, -0.2) is 37.5 Å². The average molecular weight is 428 g/mol. The Balaban J connectivity index is 2.16. The zero-order valence-corrected chi connectivity index (χ0v) is 18.4. The molecule has 0 aliphatic heterocycles. The van der Waals surface area contributed by atoms with Gasteiger partial charge in [-0.2, -0.15) is 0 Å². The third-order valence-corrected chi connectivity index (χ3v) is 4.44. The van der Waals surface area contributed by atoms with Crippen molar-refractivity contribution in [2.24, 2.45) is 5.92 Å². The van der Waals surface area contributed by atoms with Crippen LogP contribution < -0.4 is 25.4 Å². The summed E-state index contributed by atoms with van der Waals surface area (Å²) in [5, 5.41) is 8.24. The van der Waals surface area contributed by atoms with E-state index < -0.39 is 11.9 Å². The van der Waals surface area contributed by atoms with Crippen molar-refractivity contribution in [1.82, 2.24) is 5.32 Å². The predicted molar refractivity (Wildman–Crippen MR) is 120 cm³/mol. The van der Waals surface area contributed by atoms with Crippen LogP contribution in [0.3, 0.4) is 0 Å². The number of rotatable bonds is 9. The molecule has 31 heavy (non-hydrogen) atoms. The Bertz CT molecular complexity index is 925. The minimum absolute atomic E-state index is 0.170. The second-order valence-electron chi connectivity index (χ2n) is 7.24. The van der Waals surface area contributed by atoms with Crippen molar-refractivity contribution in [2.45, 2.75) is 33.7 Å². The Labute approximate surface area is 182 Å². The van der Waals surface area contributed by atoms with Crippen LogP contribution in [0.2, 0.25) is 0 Å². The summed E-state index contributed by atoms with van der Waals surface area (Å²) in [4.78, 5) is 37.0. The van der Waals surface area contributed by atoms with Gasteiger partial charge in [-0.05, 0) is 55.3 Å². The van der Waals surface area contributed by atoms with Crippen molar-refractivity contribution < 1.29 is 23.9 Å². The van der Waals surface area contributed by atoms with Crippen LogP contribution in [0.15, 0.2) is 42.5 Å². The third-order valence-electron chi connectivity index (χ3n) is 4.44. The molecule has 1 atom stereocenters. The van der Waals surface area contributed by atoms with Crippen molar-refractivity contribution in [2.75, 3.05) is 24.4 Å². The number of carbonyl (C=O) groups is 3. The molecule has 0 spiro atoms. The highest BCUT2D eigenvalue weighted by Gasteiger charge is 2.25. The molecule has 0 saturated carbocycles. The molecule has 166 valence electrons. The van der Waals surface area contributed by atoms with E-state index in [0.717, 1.165) is 0 Å². The third kappa shape index (κ3) is 6.74. The van der Waals surface area contributed by atoms with E-state index in [2.05, 4.69) is 16.0 Å². The van der Waals surface area contributed by atoms with Crippen LogP contribution in [0.5, 0.6) is 11.5 Å². The molecule has 8 nitrogen and oxygen atoms in total. The lowest BCUT2D eigenvalue weighted by Gasteiger charge is -2.22. The Morgan fingerprint density at radius 3 is 2.23 bits per heavy atom. The Morgan fingerprint density at radius 2 is 1.68 bits per heavy atom. The topological polar surface area (TPSA) is 106 Å². The van der Waals surface area contributed by atoms with Crippen molar-refractivity contribution in [1.29, 1.82) is 0 Å². The Morgan fingerprint density at radius 1 is 1.00 bits per heavy atom. The molecule has 0 radical (unpaired) electrons. The maximum Gasteiger partial charge on any atom is 0.251 e. The first-order valence-corrected chi connectivity index (χ1v) is 10.0. The van der Waals surface area contributed by atoms with E-state index in [1.807, 2.05) is 20.8 Å². The summed E-state index contributed by atoms with van der Waals surface area (Å²) >= 11 is 0. The van der Waals surface area contributed by atoms with Gasteiger partial charge in [-0.15, -0.1) is 0 Å². The van der Waals surface area contributed by atoms with Gasteiger partial charge >= 0.3 is 0 Å². The first kappa shape index (κ1) is 23.7. The summed E-state index contributed by atoms with van der Waals surface area (Å²) in [7, 11) is 1.48. The fourth-order valence-corrected chi connectivity index (χ4v) is 2.93. The second kappa shape index (κ2) is 11.0. The predicted octanol–water partition coefficient (Wildman–Crippen LogP) is 3.45. The molecule has 2 aromatic rings. The molecule has 0 bridgehead atoms. The fraction of sp³-hybridized carbons (Fsp3) is 0.348. The normalized spacial score (nSPS) is 11.4. The molecule has 0 fully saturated rings. The zero-order chi connectivity index (χ0) is 23.0. The van der Waals surface area contributed by atoms with E-state index in [-0.39, 0.29) is 17.7 Å². The summed E-state index contributed by atoms with van der Waals surface area (Å²) < 4.78 is 10.7. The minimum atomic E-state index is -0.784. The number of methoxy groups -OCH3 is 1. The highest BCUT2D eigenvalue weighted by Crippen LogP contribution is 2.28. The first-order valence-electron chi connectivity index (χ1n) is 10.0. The molecule has 0 aliphatic carbocycles. The van der Waals surface area contributed by atoms with E-state index in [4.69, 9.17) is 9.47 Å². The van der Waals surface area contributed by atoms with Crippen molar-refractivity contribution in [3.05, 3.63) is 48.0 Å². The number of benzene rings is 2. The van der Waals surface area contributed by atoms with Crippen LogP contribution in [-0.2, 0) is 9.59 Å². The van der Waals surface area contributed by atoms with Crippen LogP contribution in [0.1, 0.15) is 38.1 Å². The van der Waals surface area contributed by atoms with Gasteiger partial charge in [-0.3, -0.25) is 14.4 Å². The molecule has 2 aromatic carbocycles. The standard InChI is InChI=1S/C23H29N3O5/c1-6-31-18-10-7-16(8-11-18)22(28)26-21(14(2)3)23(29)25-19-13-17(24-15(4)27)9-12-20(19)30-5/h7-14,21H,6H2,1-5H3,(H,24,27)(H,25,29)(H,26,28)/t21-/m0/s1. The molecule has 0 aromatic heterocycles. The van der Waals surface area contributed by atoms with E-state index in [9.17, 15) is 14.4 Å². The Kier molecular flexibility index (Phi) is 8.43. The van der Waals surface area contributed by atoms with Gasteiger partial charge in [0.2, 0.25) is 11.8 Å². The summed E-state index contributed by atoms with van der Waals surface area (Å²) in [5.74, 6) is -0.0594. The number of nitrogens with one attached hydrogen (secondary N) is 3. The van der Waals surface area contributed by atoms with Gasteiger partial charge < -0.3 is 25.4 Å². The van der Waals surface area contributed by atoms with Gasteiger partial charge in [-0.1, -0.05) is 13.8 Å². The number of hydrogen-bond acceptors (Lipinski definition) is 5. The molecular formula is C23H29N3O5. The highest BCUT2D eigenvalue weighted by molar-refractivity contribution is 6.02. The van der Waals surface area contributed by atoms with Crippen molar-refractivity contribution >= 4 is 29.1 Å². The number of ether oxygens (including phenoxy) is 2. The molecular weight excluding hydrogens is 398 g/mol. The van der Waals surface area contributed by atoms with Crippen molar-refractivity contribution in [3.8, 4) is 11.5 Å². The largest absolute Gasteiger partial charge is 0.495 e. The summed E-state index contributed by atoms with van der Waals surface area (Å²) in [6.07, 6.45) is 0. The fourth-order valence-electron chi connectivity index (χ4n) is 2.93. The number of carbonyl (C=O) groups excluding carboxylic acids is 3. The summed E-state index contributed by atoms with van der Waals surface area (Å²) in [6.45, 7) is 7.50. The molecule has 0 heterocycles. The van der Waals surface area contributed by atoms with E-state index in [0.29, 0.717) is 35.0 Å². The van der Waals surface area contributed by atoms with Crippen LogP contribution >= 0.6 is 0 Å². The van der Waals surface area contributed by atoms with Gasteiger partial charge in [0.25, 0.3) is 5.91 Å². The molecule has 0 aliphatic rings. The second-order valence-corrected chi connectivity index (χ2v) is 7.24. The number of amides is 3. The average Bonchev–Trinajstić information content (AvgIpc) is 2.72. The van der Waals surface area contributed by atoms with Crippen molar-refractivity contribution in [3.63, 3.8) is 0 Å². The molecule has 0 unspecified atom stereocenters. The lowest BCUT2D eigenvalue weighted by Crippen LogP contribution is -2.47. The quantitative estimate of drug-likeness (QED) is 0.568. The maximum absolute atomic E-state index is 13.0. The van der Waals surface area contributed by atoms with Gasteiger partial charge in [0.15, 0.2) is 0 Å². The summed E-state index contributed by atoms with van der Waals surface area (Å²) in [5.41, 5.74) is 1.33. The van der Waals surface area contributed by atoms with Crippen LogP contribution in [0, 0.1) is 5.92 Å². The highest BCUT2D eigenvalue weighted by atomic mass is 16.5. The van der Waals surface area contributed by atoms with Crippen LogP contribution in [0.4, 0.5) is 11.4 Å². The lowest BCUT2D eigenvalue weighted by atomic mass is 10.0. The van der Waals surface area contributed by atoms with Gasteiger partial charge in [0.05, 0.1) is 19.4 Å². The maximum atomic E-state index is 13.0. The molecule has 3 amide bonds. The Hall–Kier alpha value is -3.55. The summed E-state index contributed by atoms with van der Waals surface area (Å²) in [6, 6.07) is 10.8. The lowest BCUT2D eigenvalue weighted by molar-refractivity contribution is -0.119. The SMILES string of the molecule is CCOc1ccc(C(=O)N[C@H](C(=O)Nc2cc(NC(C)=O)ccc2OC)C(C)C)cc1. The van der Waals surface area contributed by atoms with Crippen LogP contribution in [0.25, 0.3) is 0 Å². The first-order chi connectivity index (χ1) is 14.7. The zero-order valence-electron chi connectivity index (χ0n) is 18.4. The monoisotopic (exact) mass is 427 g/mol. The molecule has 3 N–H and O–H groups in total. The van der Waals surface area contributed by atoms with Gasteiger partial charge in [-0.25, -0.2) is 0 Å². The minimum Gasteiger partial charge on any atom is -0.495 e. The van der Waals surface area contributed by atoms with E-state index in [1.54, 1.807) is 42.5 Å². The smallest absolute Gasteiger partial charge is 0.251 e. The molecule has 8 heteroatoms.